The fourth-order valence-electron chi connectivity index (χ4n) is 2.31. The van der Waals surface area contributed by atoms with Crippen LogP contribution in [0, 0.1) is 0 Å². The second-order valence-electron chi connectivity index (χ2n) is 5.55. The van der Waals surface area contributed by atoms with Gasteiger partial charge in [0.25, 0.3) is 0 Å². The summed E-state index contributed by atoms with van der Waals surface area (Å²) in [4.78, 5) is 12.9. The first-order valence-electron chi connectivity index (χ1n) is 7.56. The third-order valence-electron chi connectivity index (χ3n) is 3.40. The molecule has 0 saturated heterocycles. The largest absolute Gasteiger partial charge is 0.323 e. The average Bonchev–Trinajstić information content (AvgIpc) is 2.90. The molecule has 0 bridgehead atoms. The molecule has 0 aliphatic rings. The Morgan fingerprint density at radius 3 is 2.38 bits per heavy atom. The lowest BCUT2D eigenvalue weighted by molar-refractivity contribution is -0.111. The lowest BCUT2D eigenvalue weighted by Gasteiger charge is -2.06. The van der Waals surface area contributed by atoms with E-state index in [9.17, 15) is 13.2 Å². The van der Waals surface area contributed by atoms with Crippen LogP contribution in [0.5, 0.6) is 0 Å². The highest BCUT2D eigenvalue weighted by Crippen LogP contribution is 2.35. The summed E-state index contributed by atoms with van der Waals surface area (Å²) >= 11 is 7.86. The summed E-state index contributed by atoms with van der Waals surface area (Å²) in [5, 5.41) is 4.31. The number of carbonyl (C=O) groups excluding carboxylic acids is 1. The Kier molecular flexibility index (Phi) is 5.31. The fourth-order valence-corrected chi connectivity index (χ4v) is 4.27. The lowest BCUT2D eigenvalue weighted by atomic mass is 10.2. The smallest absolute Gasteiger partial charge is 0.248 e. The van der Waals surface area contributed by atoms with Gasteiger partial charge in [-0.05, 0) is 36.4 Å². The highest BCUT2D eigenvalue weighted by atomic mass is 35.5. The minimum absolute atomic E-state index is 0.303. The van der Waals surface area contributed by atoms with Gasteiger partial charge in [-0.25, -0.2) is 8.42 Å². The second-order valence-corrected chi connectivity index (χ2v) is 8.76. The van der Waals surface area contributed by atoms with E-state index in [1.165, 1.54) is 17.4 Å². The molecule has 0 fully saturated rings. The van der Waals surface area contributed by atoms with Crippen molar-refractivity contribution in [3.8, 4) is 0 Å². The predicted molar refractivity (Wildman–Crippen MR) is 109 cm³/mol. The number of hydrogen-bond donors (Lipinski definition) is 2. The van der Waals surface area contributed by atoms with Gasteiger partial charge < -0.3 is 5.32 Å². The third-order valence-corrected chi connectivity index (χ3v) is 5.66. The normalized spacial score (nSPS) is 11.8. The molecule has 2 aromatic carbocycles. The molecule has 0 aliphatic carbocycles. The zero-order chi connectivity index (χ0) is 18.7. The summed E-state index contributed by atoms with van der Waals surface area (Å²) in [5.41, 5.74) is 0.985. The van der Waals surface area contributed by atoms with Crippen LogP contribution < -0.4 is 10.0 Å². The Morgan fingerprint density at radius 1 is 1.08 bits per heavy atom. The maximum absolute atomic E-state index is 12.1. The van der Waals surface area contributed by atoms with Crippen LogP contribution in [0.3, 0.4) is 0 Å². The third kappa shape index (κ3) is 4.63. The number of thiophene rings is 1. The van der Waals surface area contributed by atoms with Gasteiger partial charge in [0.05, 0.1) is 11.3 Å². The standard InChI is InChI=1S/C18H15ClN2O3S2/c1-26(23,24)21-13-8-6-12(7-9-13)20-17(22)11-10-16-18(19)14-4-2-3-5-15(14)25-16/h2-11,21H,1H3,(H,20,22)/b11-10+. The van der Waals surface area contributed by atoms with E-state index in [1.807, 2.05) is 24.3 Å². The van der Waals surface area contributed by atoms with E-state index in [1.54, 1.807) is 30.3 Å². The summed E-state index contributed by atoms with van der Waals surface area (Å²) in [6.45, 7) is 0. The first-order valence-corrected chi connectivity index (χ1v) is 10.6. The van der Waals surface area contributed by atoms with E-state index in [-0.39, 0.29) is 5.91 Å². The highest BCUT2D eigenvalue weighted by Gasteiger charge is 2.08. The number of nitrogens with one attached hydrogen (secondary N) is 2. The van der Waals surface area contributed by atoms with E-state index in [0.29, 0.717) is 16.4 Å². The van der Waals surface area contributed by atoms with Crippen molar-refractivity contribution in [1.82, 2.24) is 0 Å². The molecule has 0 radical (unpaired) electrons. The molecule has 134 valence electrons. The molecule has 1 amide bonds. The quantitative estimate of drug-likeness (QED) is 0.609. The van der Waals surface area contributed by atoms with Gasteiger partial charge in [-0.1, -0.05) is 29.8 Å². The molecule has 3 rings (SSSR count). The number of halogens is 1. The number of anilines is 2. The number of sulfonamides is 1. The minimum atomic E-state index is -3.33. The molecule has 26 heavy (non-hydrogen) atoms. The Balaban J connectivity index is 1.68. The molecule has 0 atom stereocenters. The summed E-state index contributed by atoms with van der Waals surface area (Å²) in [5.74, 6) is -0.303. The molecule has 3 aromatic rings. The van der Waals surface area contributed by atoms with Gasteiger partial charge in [0.2, 0.25) is 15.9 Å². The van der Waals surface area contributed by atoms with E-state index >= 15 is 0 Å². The molecule has 8 heteroatoms. The van der Waals surface area contributed by atoms with Gasteiger partial charge in [0.1, 0.15) is 0 Å². The minimum Gasteiger partial charge on any atom is -0.323 e. The summed E-state index contributed by atoms with van der Waals surface area (Å²) in [7, 11) is -3.33. The number of benzene rings is 2. The van der Waals surface area contributed by atoms with Crippen molar-refractivity contribution in [2.24, 2.45) is 0 Å². The second kappa shape index (κ2) is 7.49. The molecular formula is C18H15ClN2O3S2. The predicted octanol–water partition coefficient (Wildman–Crippen LogP) is 4.58. The van der Waals surface area contributed by atoms with Crippen LogP contribution in [0.15, 0.2) is 54.6 Å². The van der Waals surface area contributed by atoms with Gasteiger partial charge in [-0.2, -0.15) is 0 Å². The van der Waals surface area contributed by atoms with Crippen LogP contribution in [0.25, 0.3) is 16.2 Å². The van der Waals surface area contributed by atoms with Gasteiger partial charge in [-0.3, -0.25) is 9.52 Å². The molecule has 0 aliphatic heterocycles. The van der Waals surface area contributed by atoms with Gasteiger partial charge in [0.15, 0.2) is 0 Å². The lowest BCUT2D eigenvalue weighted by Crippen LogP contribution is -2.10. The zero-order valence-corrected chi connectivity index (χ0v) is 16.1. The van der Waals surface area contributed by atoms with E-state index < -0.39 is 10.0 Å². The Hall–Kier alpha value is -2.35. The van der Waals surface area contributed by atoms with Crippen molar-refractivity contribution in [3.63, 3.8) is 0 Å². The summed E-state index contributed by atoms with van der Waals surface area (Å²) in [6, 6.07) is 14.2. The fraction of sp³-hybridized carbons (Fsp3) is 0.0556. The highest BCUT2D eigenvalue weighted by molar-refractivity contribution is 7.92. The number of rotatable bonds is 5. The number of carbonyl (C=O) groups is 1. The van der Waals surface area contributed by atoms with Crippen molar-refractivity contribution in [2.75, 3.05) is 16.3 Å². The topological polar surface area (TPSA) is 75.3 Å². The monoisotopic (exact) mass is 406 g/mol. The number of amides is 1. The summed E-state index contributed by atoms with van der Waals surface area (Å²) in [6.07, 6.45) is 4.17. The van der Waals surface area contributed by atoms with Crippen LogP contribution in [-0.2, 0) is 14.8 Å². The first kappa shape index (κ1) is 18.4. The number of hydrogen-bond acceptors (Lipinski definition) is 4. The van der Waals surface area contributed by atoms with E-state index in [4.69, 9.17) is 11.6 Å². The van der Waals surface area contributed by atoms with E-state index in [2.05, 4.69) is 10.0 Å². The molecule has 2 N–H and O–H groups in total. The van der Waals surface area contributed by atoms with Crippen molar-refractivity contribution >= 4 is 66.4 Å². The molecular weight excluding hydrogens is 392 g/mol. The van der Waals surface area contributed by atoms with Crippen LogP contribution in [0.4, 0.5) is 11.4 Å². The van der Waals surface area contributed by atoms with Crippen molar-refractivity contribution in [1.29, 1.82) is 0 Å². The van der Waals surface area contributed by atoms with Crippen LogP contribution >= 0.6 is 22.9 Å². The van der Waals surface area contributed by atoms with Gasteiger partial charge in [0, 0.05) is 32.4 Å². The Labute approximate surface area is 160 Å². The van der Waals surface area contributed by atoms with Crippen LogP contribution in [0.1, 0.15) is 4.88 Å². The molecule has 0 spiro atoms. The molecule has 0 unspecified atom stereocenters. The summed E-state index contributed by atoms with van der Waals surface area (Å²) < 4.78 is 25.8. The maximum Gasteiger partial charge on any atom is 0.248 e. The SMILES string of the molecule is CS(=O)(=O)Nc1ccc(NC(=O)/C=C/c2sc3ccccc3c2Cl)cc1. The maximum atomic E-state index is 12.1. The molecule has 1 heterocycles. The molecule has 1 aromatic heterocycles. The van der Waals surface area contributed by atoms with Crippen LogP contribution in [-0.4, -0.2) is 20.6 Å². The van der Waals surface area contributed by atoms with E-state index in [0.717, 1.165) is 21.2 Å². The van der Waals surface area contributed by atoms with Gasteiger partial charge >= 0.3 is 0 Å². The average molecular weight is 407 g/mol. The zero-order valence-electron chi connectivity index (χ0n) is 13.7. The van der Waals surface area contributed by atoms with Crippen LogP contribution in [0.2, 0.25) is 5.02 Å². The van der Waals surface area contributed by atoms with Crippen molar-refractivity contribution in [2.45, 2.75) is 0 Å². The number of fused-ring (bicyclic) bond motifs is 1. The van der Waals surface area contributed by atoms with Crippen molar-refractivity contribution in [3.05, 3.63) is 64.5 Å². The first-order chi connectivity index (χ1) is 12.3. The Bertz CT molecular complexity index is 1090. The molecule has 5 nitrogen and oxygen atoms in total. The van der Waals surface area contributed by atoms with Gasteiger partial charge in [-0.15, -0.1) is 11.3 Å². The Morgan fingerprint density at radius 2 is 1.73 bits per heavy atom. The van der Waals surface area contributed by atoms with Crippen molar-refractivity contribution < 1.29 is 13.2 Å². The molecule has 0 saturated carbocycles.